The van der Waals surface area contributed by atoms with Crippen LogP contribution in [0, 0.1) is 40.5 Å². The van der Waals surface area contributed by atoms with Gasteiger partial charge in [-0.15, -0.1) is 0 Å². The Morgan fingerprint density at radius 2 is 1.56 bits per heavy atom. The van der Waals surface area contributed by atoms with Crippen LogP contribution in [0.1, 0.15) is 34.2 Å². The predicted molar refractivity (Wildman–Crippen MR) is 111 cm³/mol. The van der Waals surface area contributed by atoms with Crippen molar-refractivity contribution in [3.63, 3.8) is 0 Å². The molecule has 2 aromatic carbocycles. The third kappa shape index (κ3) is 3.86. The smallest absolute Gasteiger partial charge is 0.229 e. The molecule has 1 heterocycles. The van der Waals surface area contributed by atoms with Gasteiger partial charge in [-0.2, -0.15) is 0 Å². The number of amides is 2. The van der Waals surface area contributed by atoms with E-state index < -0.39 is 5.92 Å². The quantitative estimate of drug-likeness (QED) is 0.820. The van der Waals surface area contributed by atoms with E-state index in [1.165, 1.54) is 0 Å². The molecular weight excluding hydrogens is 360 g/mol. The lowest BCUT2D eigenvalue weighted by molar-refractivity contribution is -0.122. The van der Waals surface area contributed by atoms with Gasteiger partial charge in [0, 0.05) is 18.7 Å². The highest BCUT2D eigenvalue weighted by molar-refractivity contribution is 6.34. The van der Waals surface area contributed by atoms with Crippen molar-refractivity contribution in [3.8, 4) is 0 Å². The van der Waals surface area contributed by atoms with E-state index in [0.29, 0.717) is 17.3 Å². The lowest BCUT2D eigenvalue weighted by Crippen LogP contribution is -2.29. The van der Waals surface area contributed by atoms with Crippen molar-refractivity contribution in [3.05, 3.63) is 57.1 Å². The molecule has 5 heteroatoms. The van der Waals surface area contributed by atoms with Crippen LogP contribution in [-0.2, 0) is 9.59 Å². The Bertz CT molecular complexity index is 890. The van der Waals surface area contributed by atoms with Gasteiger partial charge in [0.25, 0.3) is 0 Å². The molecular formula is C22H25ClN2O2. The van der Waals surface area contributed by atoms with Crippen molar-refractivity contribution in [2.24, 2.45) is 5.92 Å². The fraction of sp³-hybridized carbons (Fsp3) is 0.364. The SMILES string of the molecule is Cc1cc(C)c(NC(=O)C2CC(=O)N(c3c(C)cc(C)cc3Cl)C2)c(C)c1. The molecule has 0 aliphatic carbocycles. The van der Waals surface area contributed by atoms with Gasteiger partial charge >= 0.3 is 0 Å². The average Bonchev–Trinajstić information content (AvgIpc) is 2.91. The van der Waals surface area contributed by atoms with E-state index in [9.17, 15) is 9.59 Å². The van der Waals surface area contributed by atoms with Crippen molar-refractivity contribution in [1.82, 2.24) is 0 Å². The Labute approximate surface area is 165 Å². The fourth-order valence-corrected chi connectivity index (χ4v) is 4.37. The summed E-state index contributed by atoms with van der Waals surface area (Å²) in [5.41, 5.74) is 6.76. The molecule has 4 nitrogen and oxygen atoms in total. The van der Waals surface area contributed by atoms with Crippen molar-refractivity contribution in [1.29, 1.82) is 0 Å². The van der Waals surface area contributed by atoms with Crippen LogP contribution in [0.25, 0.3) is 0 Å². The number of aryl methyl sites for hydroxylation is 5. The number of carbonyl (C=O) groups excluding carboxylic acids is 2. The largest absolute Gasteiger partial charge is 0.325 e. The normalized spacial score (nSPS) is 16.7. The van der Waals surface area contributed by atoms with E-state index >= 15 is 0 Å². The van der Waals surface area contributed by atoms with E-state index in [4.69, 9.17) is 11.6 Å². The monoisotopic (exact) mass is 384 g/mol. The third-order valence-corrected chi connectivity index (χ3v) is 5.38. The van der Waals surface area contributed by atoms with Gasteiger partial charge in [-0.3, -0.25) is 9.59 Å². The van der Waals surface area contributed by atoms with Crippen LogP contribution in [0.4, 0.5) is 11.4 Å². The highest BCUT2D eigenvalue weighted by Crippen LogP contribution is 2.35. The molecule has 2 aromatic rings. The number of anilines is 2. The van der Waals surface area contributed by atoms with E-state index in [-0.39, 0.29) is 18.2 Å². The summed E-state index contributed by atoms with van der Waals surface area (Å²) >= 11 is 6.40. The Morgan fingerprint density at radius 1 is 1.00 bits per heavy atom. The van der Waals surface area contributed by atoms with Crippen molar-refractivity contribution < 1.29 is 9.59 Å². The Balaban J connectivity index is 1.81. The molecule has 0 saturated carbocycles. The summed E-state index contributed by atoms with van der Waals surface area (Å²) in [6.07, 6.45) is 0.194. The maximum absolute atomic E-state index is 12.8. The van der Waals surface area contributed by atoms with E-state index in [1.54, 1.807) is 4.90 Å². The maximum Gasteiger partial charge on any atom is 0.229 e. The van der Waals surface area contributed by atoms with Crippen LogP contribution in [0.5, 0.6) is 0 Å². The van der Waals surface area contributed by atoms with Crippen LogP contribution in [0.2, 0.25) is 5.02 Å². The minimum Gasteiger partial charge on any atom is -0.325 e. The Hall–Kier alpha value is -2.33. The second kappa shape index (κ2) is 7.35. The van der Waals surface area contributed by atoms with Gasteiger partial charge in [-0.05, 0) is 62.9 Å². The molecule has 1 aliphatic heterocycles. The third-order valence-electron chi connectivity index (χ3n) is 5.09. The number of halogens is 1. The Morgan fingerprint density at radius 3 is 2.15 bits per heavy atom. The molecule has 1 aliphatic rings. The molecule has 142 valence electrons. The first-order valence-corrected chi connectivity index (χ1v) is 9.51. The van der Waals surface area contributed by atoms with Gasteiger partial charge in [-0.25, -0.2) is 0 Å². The topological polar surface area (TPSA) is 49.4 Å². The first-order valence-electron chi connectivity index (χ1n) is 9.13. The molecule has 3 rings (SSSR count). The van der Waals surface area contributed by atoms with Crippen LogP contribution in [0.3, 0.4) is 0 Å². The predicted octanol–water partition coefficient (Wildman–Crippen LogP) is 4.87. The first kappa shape index (κ1) is 19.4. The number of nitrogens with zero attached hydrogens (tertiary/aromatic N) is 1. The molecule has 0 aromatic heterocycles. The highest BCUT2D eigenvalue weighted by atomic mass is 35.5. The Kier molecular flexibility index (Phi) is 5.29. The highest BCUT2D eigenvalue weighted by Gasteiger charge is 2.36. The molecule has 0 spiro atoms. The van der Waals surface area contributed by atoms with E-state index in [1.807, 2.05) is 58.9 Å². The fourth-order valence-electron chi connectivity index (χ4n) is 3.95. The van der Waals surface area contributed by atoms with Crippen LogP contribution in [0.15, 0.2) is 24.3 Å². The second-order valence-corrected chi connectivity index (χ2v) is 7.99. The summed E-state index contributed by atoms with van der Waals surface area (Å²) in [5, 5.41) is 3.58. The molecule has 1 N–H and O–H groups in total. The van der Waals surface area contributed by atoms with E-state index in [2.05, 4.69) is 5.32 Å². The zero-order valence-electron chi connectivity index (χ0n) is 16.4. The summed E-state index contributed by atoms with van der Waals surface area (Å²) < 4.78 is 0. The lowest BCUT2D eigenvalue weighted by atomic mass is 10.0. The molecule has 1 atom stereocenters. The maximum atomic E-state index is 12.8. The summed E-state index contributed by atoms with van der Waals surface area (Å²) in [7, 11) is 0. The summed E-state index contributed by atoms with van der Waals surface area (Å²) in [5.74, 6) is -0.586. The zero-order chi connectivity index (χ0) is 19.9. The molecule has 0 bridgehead atoms. The van der Waals surface area contributed by atoms with Gasteiger partial charge in [0.2, 0.25) is 11.8 Å². The minimum absolute atomic E-state index is 0.0682. The number of hydrogen-bond donors (Lipinski definition) is 1. The van der Waals surface area contributed by atoms with Crippen LogP contribution in [-0.4, -0.2) is 18.4 Å². The standard InChI is InChI=1S/C22H25ClN2O2/c1-12-6-14(3)20(15(4)7-12)24-22(27)17-10-19(26)25(11-17)21-16(5)8-13(2)9-18(21)23/h6-9,17H,10-11H2,1-5H3,(H,24,27). The number of carbonyl (C=O) groups is 2. The number of nitrogens with one attached hydrogen (secondary N) is 1. The van der Waals surface area contributed by atoms with E-state index in [0.717, 1.165) is 33.5 Å². The zero-order valence-corrected chi connectivity index (χ0v) is 17.2. The number of benzene rings is 2. The summed E-state index contributed by atoms with van der Waals surface area (Å²) in [6.45, 7) is 10.3. The molecule has 27 heavy (non-hydrogen) atoms. The second-order valence-electron chi connectivity index (χ2n) is 7.58. The van der Waals surface area contributed by atoms with Gasteiger partial charge in [-0.1, -0.05) is 35.4 Å². The van der Waals surface area contributed by atoms with Crippen molar-refractivity contribution in [2.45, 2.75) is 41.0 Å². The summed E-state index contributed by atoms with van der Waals surface area (Å²) in [6, 6.07) is 7.94. The molecule has 1 unspecified atom stereocenters. The van der Waals surface area contributed by atoms with Gasteiger partial charge < -0.3 is 10.2 Å². The van der Waals surface area contributed by atoms with Gasteiger partial charge in [0.05, 0.1) is 16.6 Å². The lowest BCUT2D eigenvalue weighted by Gasteiger charge is -2.21. The van der Waals surface area contributed by atoms with Crippen molar-refractivity contribution in [2.75, 3.05) is 16.8 Å². The van der Waals surface area contributed by atoms with Crippen LogP contribution < -0.4 is 10.2 Å². The van der Waals surface area contributed by atoms with Gasteiger partial charge in [0.1, 0.15) is 0 Å². The van der Waals surface area contributed by atoms with Gasteiger partial charge in [0.15, 0.2) is 0 Å². The summed E-state index contributed by atoms with van der Waals surface area (Å²) in [4.78, 5) is 27.1. The molecule has 2 amide bonds. The molecule has 0 radical (unpaired) electrons. The molecule has 1 fully saturated rings. The number of rotatable bonds is 3. The molecule has 1 saturated heterocycles. The average molecular weight is 385 g/mol. The van der Waals surface area contributed by atoms with Crippen molar-refractivity contribution >= 4 is 34.8 Å². The number of hydrogen-bond acceptors (Lipinski definition) is 2. The first-order chi connectivity index (χ1) is 12.7. The minimum atomic E-state index is -0.394. The van der Waals surface area contributed by atoms with Crippen LogP contribution >= 0.6 is 11.6 Å².